The van der Waals surface area contributed by atoms with Gasteiger partial charge in [-0.05, 0) is 57.4 Å². The van der Waals surface area contributed by atoms with Crippen LogP contribution in [0.25, 0.3) is 0 Å². The largest absolute Gasteiger partial charge is 0.385 e. The summed E-state index contributed by atoms with van der Waals surface area (Å²) in [6, 6.07) is -1.07. The van der Waals surface area contributed by atoms with Crippen LogP contribution < -0.4 is 0 Å². The Morgan fingerprint density at radius 3 is 2.26 bits per heavy atom. The van der Waals surface area contributed by atoms with Crippen LogP contribution in [0.4, 0.5) is 0 Å². The molecule has 0 heterocycles. The highest BCUT2D eigenvalue weighted by Gasteiger charge is 2.25. The first-order valence-electron chi connectivity index (χ1n) is 10.00. The molecule has 5 heteroatoms. The SMILES string of the molecule is CC/C=C\C/C=C\CC(O)C(/C=C\CC/C=C\CCCCCC=O)[N+](=O)[O-]. The zero-order chi connectivity index (χ0) is 20.2. The highest BCUT2D eigenvalue weighted by molar-refractivity contribution is 5.48. The molecule has 1 N–H and O–H groups in total. The molecular weight excluding hydrogens is 342 g/mol. The minimum Gasteiger partial charge on any atom is -0.385 e. The zero-order valence-electron chi connectivity index (χ0n) is 16.5. The first-order valence-corrected chi connectivity index (χ1v) is 10.00. The van der Waals surface area contributed by atoms with Gasteiger partial charge < -0.3 is 9.90 Å². The van der Waals surface area contributed by atoms with Crippen molar-refractivity contribution >= 4 is 6.29 Å². The number of allylic oxidation sites excluding steroid dienone is 6. The molecule has 0 aromatic rings. The van der Waals surface area contributed by atoms with Gasteiger partial charge >= 0.3 is 0 Å². The summed E-state index contributed by atoms with van der Waals surface area (Å²) in [5.41, 5.74) is 0. The van der Waals surface area contributed by atoms with Crippen molar-refractivity contribution < 1.29 is 14.8 Å². The Labute approximate surface area is 163 Å². The molecule has 0 aromatic heterocycles. The van der Waals surface area contributed by atoms with Gasteiger partial charge in [-0.25, -0.2) is 0 Å². The molecule has 0 saturated carbocycles. The molecule has 5 nitrogen and oxygen atoms in total. The smallest absolute Gasteiger partial charge is 0.257 e. The molecule has 2 atom stereocenters. The first-order chi connectivity index (χ1) is 13.1. The van der Waals surface area contributed by atoms with E-state index < -0.39 is 17.1 Å². The highest BCUT2D eigenvalue weighted by Crippen LogP contribution is 2.08. The Morgan fingerprint density at radius 2 is 1.56 bits per heavy atom. The molecule has 0 aliphatic rings. The minimum atomic E-state index is -1.07. The minimum absolute atomic E-state index is 0.278. The third kappa shape index (κ3) is 15.9. The van der Waals surface area contributed by atoms with Crippen molar-refractivity contribution in [3.63, 3.8) is 0 Å². The molecule has 152 valence electrons. The van der Waals surface area contributed by atoms with E-state index >= 15 is 0 Å². The second-order valence-electron chi connectivity index (χ2n) is 6.45. The van der Waals surface area contributed by atoms with Gasteiger partial charge in [0.15, 0.2) is 0 Å². The predicted octanol–water partition coefficient (Wildman–Crippen LogP) is 5.34. The molecule has 0 rings (SSSR count). The number of hydrogen-bond donors (Lipinski definition) is 1. The number of aldehydes is 1. The van der Waals surface area contributed by atoms with Crippen molar-refractivity contribution in [3.8, 4) is 0 Å². The van der Waals surface area contributed by atoms with Crippen LogP contribution in [0.15, 0.2) is 48.6 Å². The lowest BCUT2D eigenvalue weighted by Crippen LogP contribution is -2.31. The third-order valence-electron chi connectivity index (χ3n) is 4.05. The maximum atomic E-state index is 11.2. The molecule has 0 radical (unpaired) electrons. The predicted molar refractivity (Wildman–Crippen MR) is 111 cm³/mol. The summed E-state index contributed by atoms with van der Waals surface area (Å²) in [7, 11) is 0. The van der Waals surface area contributed by atoms with Crippen LogP contribution in [-0.4, -0.2) is 28.5 Å². The Balaban J connectivity index is 4.06. The molecular formula is C22H35NO4. The lowest BCUT2D eigenvalue weighted by Gasteiger charge is -2.10. The summed E-state index contributed by atoms with van der Waals surface area (Å²) in [6.07, 6.45) is 23.6. The third-order valence-corrected chi connectivity index (χ3v) is 4.05. The van der Waals surface area contributed by atoms with Gasteiger partial charge in [0.05, 0.1) is 0 Å². The zero-order valence-corrected chi connectivity index (χ0v) is 16.5. The topological polar surface area (TPSA) is 80.4 Å². The second-order valence-corrected chi connectivity index (χ2v) is 6.45. The first kappa shape index (κ1) is 25.0. The summed E-state index contributed by atoms with van der Waals surface area (Å²) in [5, 5.41) is 21.2. The number of unbranched alkanes of at least 4 members (excludes halogenated alkanes) is 5. The summed E-state index contributed by atoms with van der Waals surface area (Å²) in [4.78, 5) is 20.9. The Kier molecular flexibility index (Phi) is 17.4. The average Bonchev–Trinajstić information content (AvgIpc) is 2.65. The summed E-state index contributed by atoms with van der Waals surface area (Å²) < 4.78 is 0. The van der Waals surface area contributed by atoms with Crippen LogP contribution >= 0.6 is 0 Å². The molecule has 2 unspecified atom stereocenters. The Hall–Kier alpha value is -2.01. The van der Waals surface area contributed by atoms with E-state index in [0.29, 0.717) is 6.42 Å². The summed E-state index contributed by atoms with van der Waals surface area (Å²) in [6.45, 7) is 2.06. The number of aliphatic hydroxyl groups excluding tert-OH is 1. The second kappa shape index (κ2) is 18.8. The summed E-state index contributed by atoms with van der Waals surface area (Å²) in [5.74, 6) is 0. The van der Waals surface area contributed by atoms with E-state index in [1.54, 1.807) is 12.2 Å². The maximum Gasteiger partial charge on any atom is 0.257 e. The normalized spacial score (nSPS) is 14.6. The molecule has 0 saturated heterocycles. The van der Waals surface area contributed by atoms with Gasteiger partial charge in [0.25, 0.3) is 6.04 Å². The number of carbonyl (C=O) groups excluding carboxylic acids is 1. The number of aliphatic hydroxyl groups is 1. The van der Waals surface area contributed by atoms with Gasteiger partial charge in [0, 0.05) is 11.3 Å². The number of nitro groups is 1. The van der Waals surface area contributed by atoms with Gasteiger partial charge in [-0.15, -0.1) is 0 Å². The van der Waals surface area contributed by atoms with E-state index in [0.717, 1.165) is 57.7 Å². The Bertz CT molecular complexity index is 495. The molecule has 0 aliphatic carbocycles. The van der Waals surface area contributed by atoms with Crippen molar-refractivity contribution in [2.45, 2.75) is 83.3 Å². The molecule has 0 amide bonds. The monoisotopic (exact) mass is 377 g/mol. The highest BCUT2D eigenvalue weighted by atomic mass is 16.6. The number of hydrogen-bond acceptors (Lipinski definition) is 4. The van der Waals surface area contributed by atoms with E-state index in [4.69, 9.17) is 0 Å². The van der Waals surface area contributed by atoms with Crippen LogP contribution in [0, 0.1) is 10.1 Å². The van der Waals surface area contributed by atoms with Crippen molar-refractivity contribution in [2.75, 3.05) is 0 Å². The van der Waals surface area contributed by atoms with Gasteiger partial charge in [-0.1, -0.05) is 55.9 Å². The maximum absolute atomic E-state index is 11.2. The number of rotatable bonds is 17. The van der Waals surface area contributed by atoms with Gasteiger partial charge in [-0.2, -0.15) is 0 Å². The molecule has 0 aliphatic heterocycles. The van der Waals surface area contributed by atoms with Crippen molar-refractivity contribution in [3.05, 3.63) is 58.7 Å². The number of carbonyl (C=O) groups is 1. The fraction of sp³-hybridized carbons (Fsp3) is 0.591. The standard InChI is InChI=1S/C22H35NO4/c1-2-3-4-5-13-16-19-22(25)21(23(26)27)18-15-12-10-8-6-7-9-11-14-17-20-24/h3-4,6,8,13,15-16,18,20-22,25H,2,5,7,9-12,14,17,19H2,1H3/b4-3-,8-6-,16-13-,18-15-. The number of nitrogens with zero attached hydrogens (tertiary/aromatic N) is 1. The molecule has 27 heavy (non-hydrogen) atoms. The van der Waals surface area contributed by atoms with Crippen LogP contribution in [0.3, 0.4) is 0 Å². The van der Waals surface area contributed by atoms with Gasteiger partial charge in [0.1, 0.15) is 12.4 Å². The molecule has 0 bridgehead atoms. The van der Waals surface area contributed by atoms with Crippen LogP contribution in [0.2, 0.25) is 0 Å². The lowest BCUT2D eigenvalue weighted by atomic mass is 10.1. The van der Waals surface area contributed by atoms with Crippen molar-refractivity contribution in [2.24, 2.45) is 0 Å². The van der Waals surface area contributed by atoms with Crippen LogP contribution in [0.1, 0.15) is 71.1 Å². The lowest BCUT2D eigenvalue weighted by molar-refractivity contribution is -0.520. The van der Waals surface area contributed by atoms with Crippen LogP contribution in [0.5, 0.6) is 0 Å². The van der Waals surface area contributed by atoms with E-state index in [-0.39, 0.29) is 6.42 Å². The quantitative estimate of drug-likeness (QED) is 0.122. The van der Waals surface area contributed by atoms with E-state index in [2.05, 4.69) is 25.2 Å². The van der Waals surface area contributed by atoms with E-state index in [1.807, 2.05) is 12.2 Å². The van der Waals surface area contributed by atoms with E-state index in [9.17, 15) is 20.0 Å². The molecule has 0 fully saturated rings. The van der Waals surface area contributed by atoms with Crippen LogP contribution in [-0.2, 0) is 4.79 Å². The van der Waals surface area contributed by atoms with Crippen molar-refractivity contribution in [1.29, 1.82) is 0 Å². The van der Waals surface area contributed by atoms with Crippen molar-refractivity contribution in [1.82, 2.24) is 0 Å². The van der Waals surface area contributed by atoms with Gasteiger partial charge in [0.2, 0.25) is 0 Å². The average molecular weight is 378 g/mol. The molecule has 0 aromatic carbocycles. The van der Waals surface area contributed by atoms with E-state index in [1.165, 1.54) is 6.08 Å². The fourth-order valence-electron chi connectivity index (χ4n) is 2.48. The fourth-order valence-corrected chi connectivity index (χ4v) is 2.48. The van der Waals surface area contributed by atoms with Gasteiger partial charge in [-0.3, -0.25) is 10.1 Å². The molecule has 0 spiro atoms. The Morgan fingerprint density at radius 1 is 0.889 bits per heavy atom. The summed E-state index contributed by atoms with van der Waals surface area (Å²) >= 11 is 0.